The molecule has 0 spiro atoms. The highest BCUT2D eigenvalue weighted by Crippen LogP contribution is 2.08. The number of imide groups is 1. The topological polar surface area (TPSA) is 118 Å². The fraction of sp³-hybridized carbons (Fsp3) is 0.267. The summed E-state index contributed by atoms with van der Waals surface area (Å²) in [5, 5.41) is 7.16. The quantitative estimate of drug-likeness (QED) is 0.656. The van der Waals surface area contributed by atoms with E-state index in [1.54, 1.807) is 12.4 Å². The molecule has 1 atom stereocenters. The van der Waals surface area contributed by atoms with Gasteiger partial charge in [-0.2, -0.15) is 0 Å². The Kier molecular flexibility index (Phi) is 4.23. The van der Waals surface area contributed by atoms with Crippen molar-refractivity contribution in [3.8, 4) is 5.82 Å². The third-order valence-electron chi connectivity index (χ3n) is 3.62. The predicted molar refractivity (Wildman–Crippen MR) is 83.0 cm³/mol. The van der Waals surface area contributed by atoms with Crippen LogP contribution in [0.3, 0.4) is 0 Å². The van der Waals surface area contributed by atoms with Gasteiger partial charge in [-0.15, -0.1) is 0 Å². The highest BCUT2D eigenvalue weighted by molar-refractivity contribution is 6.05. The smallest absolute Gasteiger partial charge is 0.322 e. The number of amides is 4. The minimum absolute atomic E-state index is 0.0999. The van der Waals surface area contributed by atoms with Gasteiger partial charge in [0.1, 0.15) is 17.7 Å². The summed E-state index contributed by atoms with van der Waals surface area (Å²) in [6.45, 7) is 2.17. The van der Waals surface area contributed by atoms with Crippen LogP contribution in [0.4, 0.5) is 4.79 Å². The molecular weight excluding hydrogens is 312 g/mol. The molecule has 0 saturated carbocycles. The van der Waals surface area contributed by atoms with Crippen molar-refractivity contribution in [1.82, 2.24) is 30.5 Å². The molecule has 3 heterocycles. The Balaban J connectivity index is 1.53. The maximum absolute atomic E-state index is 11.8. The van der Waals surface area contributed by atoms with Gasteiger partial charge in [0.15, 0.2) is 0 Å². The maximum Gasteiger partial charge on any atom is 0.322 e. The van der Waals surface area contributed by atoms with Crippen LogP contribution in [0.1, 0.15) is 17.8 Å². The maximum atomic E-state index is 11.8. The third-order valence-corrected chi connectivity index (χ3v) is 3.62. The molecule has 3 N–H and O–H groups in total. The Hall–Kier alpha value is -3.23. The first-order valence-electron chi connectivity index (χ1n) is 7.36. The molecule has 0 radical (unpaired) electrons. The van der Waals surface area contributed by atoms with Crippen LogP contribution in [0.15, 0.2) is 30.7 Å². The van der Waals surface area contributed by atoms with Gasteiger partial charge in [0, 0.05) is 25.1 Å². The number of carbonyl (C=O) groups is 3. The number of imidazole rings is 1. The Labute approximate surface area is 137 Å². The molecule has 24 heavy (non-hydrogen) atoms. The molecule has 1 aliphatic heterocycles. The minimum Gasteiger partial charge on any atom is -0.352 e. The van der Waals surface area contributed by atoms with Gasteiger partial charge in [-0.1, -0.05) is 6.07 Å². The Bertz CT molecular complexity index is 783. The van der Waals surface area contributed by atoms with Gasteiger partial charge >= 0.3 is 6.03 Å². The summed E-state index contributed by atoms with van der Waals surface area (Å²) in [6, 6.07) is 2.29. The Morgan fingerprint density at radius 2 is 2.17 bits per heavy atom. The normalized spacial score (nSPS) is 16.6. The van der Waals surface area contributed by atoms with Gasteiger partial charge in [-0.05, 0) is 18.6 Å². The summed E-state index contributed by atoms with van der Waals surface area (Å²) in [4.78, 5) is 42.7. The molecule has 0 aliphatic carbocycles. The van der Waals surface area contributed by atoms with Crippen molar-refractivity contribution in [3.63, 3.8) is 0 Å². The number of aromatic nitrogens is 3. The van der Waals surface area contributed by atoms with Crippen LogP contribution in [0.2, 0.25) is 0 Å². The molecule has 1 aliphatic rings. The summed E-state index contributed by atoms with van der Waals surface area (Å²) in [6.07, 6.45) is 5.08. The number of hydrogen-bond donors (Lipinski definition) is 3. The van der Waals surface area contributed by atoms with Crippen molar-refractivity contribution in [1.29, 1.82) is 0 Å². The molecular formula is C15H16N6O3. The summed E-state index contributed by atoms with van der Waals surface area (Å²) >= 11 is 0. The van der Waals surface area contributed by atoms with Crippen LogP contribution in [0.5, 0.6) is 0 Å². The molecule has 9 nitrogen and oxygen atoms in total. The average molecular weight is 328 g/mol. The van der Waals surface area contributed by atoms with E-state index >= 15 is 0 Å². The monoisotopic (exact) mass is 328 g/mol. The third kappa shape index (κ3) is 3.40. The second-order valence-corrected chi connectivity index (χ2v) is 5.37. The molecule has 1 saturated heterocycles. The van der Waals surface area contributed by atoms with E-state index in [-0.39, 0.29) is 18.9 Å². The fourth-order valence-corrected chi connectivity index (χ4v) is 2.34. The van der Waals surface area contributed by atoms with E-state index in [9.17, 15) is 14.4 Å². The molecule has 9 heteroatoms. The number of carbonyl (C=O) groups excluding carboxylic acids is 3. The van der Waals surface area contributed by atoms with E-state index in [1.807, 2.05) is 29.8 Å². The van der Waals surface area contributed by atoms with E-state index in [1.165, 1.54) is 0 Å². The van der Waals surface area contributed by atoms with Crippen LogP contribution >= 0.6 is 0 Å². The number of nitrogens with one attached hydrogen (secondary N) is 3. The van der Waals surface area contributed by atoms with Gasteiger partial charge < -0.3 is 10.6 Å². The summed E-state index contributed by atoms with van der Waals surface area (Å²) in [7, 11) is 0. The van der Waals surface area contributed by atoms with Crippen molar-refractivity contribution >= 4 is 17.8 Å². The average Bonchev–Trinajstić information content (AvgIpc) is 3.11. The Morgan fingerprint density at radius 3 is 2.75 bits per heavy atom. The molecule has 3 rings (SSSR count). The van der Waals surface area contributed by atoms with Crippen LogP contribution in [-0.2, 0) is 16.1 Å². The molecule has 2 aromatic rings. The van der Waals surface area contributed by atoms with Crippen LogP contribution in [0.25, 0.3) is 5.82 Å². The van der Waals surface area contributed by atoms with Gasteiger partial charge in [-0.3, -0.25) is 19.5 Å². The van der Waals surface area contributed by atoms with Crippen LogP contribution in [-0.4, -0.2) is 38.4 Å². The lowest BCUT2D eigenvalue weighted by Gasteiger charge is -2.09. The van der Waals surface area contributed by atoms with Crippen LogP contribution < -0.4 is 16.0 Å². The lowest BCUT2D eigenvalue weighted by molar-refractivity contribution is -0.126. The number of hydrogen-bond acceptors (Lipinski definition) is 5. The standard InChI is InChI=1S/C15H16N6O3/c1-9-16-4-5-21(9)12-3-2-10(7-17-12)8-18-13(22)6-11-14(23)20-15(24)19-11/h2-5,7,11H,6,8H2,1H3,(H,18,22)(H2,19,20,23,24)/t11-/m0/s1. The molecule has 1 fully saturated rings. The molecule has 0 aromatic carbocycles. The lowest BCUT2D eigenvalue weighted by atomic mass is 10.2. The number of nitrogens with zero attached hydrogens (tertiary/aromatic N) is 3. The second-order valence-electron chi connectivity index (χ2n) is 5.37. The number of rotatable bonds is 5. The van der Waals surface area contributed by atoms with E-state index in [4.69, 9.17) is 0 Å². The highest BCUT2D eigenvalue weighted by Gasteiger charge is 2.31. The number of pyridine rings is 1. The van der Waals surface area contributed by atoms with Crippen LogP contribution in [0, 0.1) is 6.92 Å². The molecule has 124 valence electrons. The molecule has 4 amide bonds. The SMILES string of the molecule is Cc1nccn1-c1ccc(CNC(=O)C[C@@H]2NC(=O)NC2=O)cn1. The lowest BCUT2D eigenvalue weighted by Crippen LogP contribution is -2.36. The van der Waals surface area contributed by atoms with Gasteiger partial charge in [-0.25, -0.2) is 14.8 Å². The highest BCUT2D eigenvalue weighted by atomic mass is 16.2. The zero-order chi connectivity index (χ0) is 17.1. The van der Waals surface area contributed by atoms with Gasteiger partial charge in [0.2, 0.25) is 5.91 Å². The Morgan fingerprint density at radius 1 is 1.33 bits per heavy atom. The number of aryl methyl sites for hydroxylation is 1. The predicted octanol–water partition coefficient (Wildman–Crippen LogP) is -0.210. The van der Waals surface area contributed by atoms with E-state index in [2.05, 4.69) is 25.9 Å². The van der Waals surface area contributed by atoms with Crippen molar-refractivity contribution in [2.75, 3.05) is 0 Å². The first-order chi connectivity index (χ1) is 11.5. The fourth-order valence-electron chi connectivity index (χ4n) is 2.34. The molecule has 0 bridgehead atoms. The van der Waals surface area contributed by atoms with Crippen molar-refractivity contribution < 1.29 is 14.4 Å². The minimum atomic E-state index is -0.817. The largest absolute Gasteiger partial charge is 0.352 e. The zero-order valence-electron chi connectivity index (χ0n) is 12.9. The second kappa shape index (κ2) is 6.49. The van der Waals surface area contributed by atoms with E-state index in [0.717, 1.165) is 17.2 Å². The summed E-state index contributed by atoms with van der Waals surface area (Å²) in [5.41, 5.74) is 0.824. The zero-order valence-corrected chi connectivity index (χ0v) is 12.9. The first kappa shape index (κ1) is 15.7. The van der Waals surface area contributed by atoms with E-state index < -0.39 is 18.0 Å². The summed E-state index contributed by atoms with van der Waals surface area (Å²) < 4.78 is 1.85. The van der Waals surface area contributed by atoms with Crippen molar-refractivity contribution in [2.45, 2.75) is 25.9 Å². The van der Waals surface area contributed by atoms with Crippen molar-refractivity contribution in [3.05, 3.63) is 42.1 Å². The summed E-state index contributed by atoms with van der Waals surface area (Å²) in [5.74, 6) is 0.759. The number of urea groups is 1. The molecule has 2 aromatic heterocycles. The first-order valence-corrected chi connectivity index (χ1v) is 7.36. The van der Waals surface area contributed by atoms with Crippen molar-refractivity contribution in [2.24, 2.45) is 0 Å². The molecule has 0 unspecified atom stereocenters. The van der Waals surface area contributed by atoms with E-state index in [0.29, 0.717) is 0 Å². The van der Waals surface area contributed by atoms with Gasteiger partial charge in [0.05, 0.1) is 6.42 Å². The van der Waals surface area contributed by atoms with Gasteiger partial charge in [0.25, 0.3) is 5.91 Å².